The molecule has 4 rings (SSSR count). The number of nitrogens with zero attached hydrogens (tertiary/aromatic N) is 2. The van der Waals surface area contributed by atoms with Crippen LogP contribution in [0.1, 0.15) is 46.8 Å². The number of rotatable bonds is 9. The molecule has 1 heterocycles. The molecule has 1 aliphatic rings. The van der Waals surface area contributed by atoms with Crippen molar-refractivity contribution in [3.8, 4) is 0 Å². The highest BCUT2D eigenvalue weighted by Gasteiger charge is 2.27. The van der Waals surface area contributed by atoms with E-state index in [0.717, 1.165) is 18.4 Å². The van der Waals surface area contributed by atoms with Crippen molar-refractivity contribution in [1.29, 1.82) is 0 Å². The minimum Gasteiger partial charge on any atom is -0.345 e. The van der Waals surface area contributed by atoms with Crippen LogP contribution in [0.2, 0.25) is 0 Å². The van der Waals surface area contributed by atoms with Crippen molar-refractivity contribution in [3.05, 3.63) is 108 Å². The summed E-state index contributed by atoms with van der Waals surface area (Å²) in [7, 11) is 0. The van der Waals surface area contributed by atoms with Gasteiger partial charge >= 0.3 is 0 Å². The molecule has 1 N–H and O–H groups in total. The first kappa shape index (κ1) is 25.2. The van der Waals surface area contributed by atoms with Gasteiger partial charge in [-0.1, -0.05) is 78.9 Å². The number of carbonyl (C=O) groups excluding carboxylic acids is 3. The van der Waals surface area contributed by atoms with Crippen molar-refractivity contribution in [2.75, 3.05) is 26.2 Å². The molecule has 3 aromatic carbocycles. The van der Waals surface area contributed by atoms with Crippen molar-refractivity contribution in [3.63, 3.8) is 0 Å². The fourth-order valence-electron chi connectivity index (χ4n) is 4.52. The van der Waals surface area contributed by atoms with Crippen molar-refractivity contribution in [2.45, 2.75) is 31.7 Å². The second kappa shape index (κ2) is 12.7. The molecule has 0 saturated carbocycles. The monoisotopic (exact) mass is 483 g/mol. The van der Waals surface area contributed by atoms with E-state index in [1.54, 1.807) is 17.0 Å². The van der Waals surface area contributed by atoms with Gasteiger partial charge in [0.05, 0.1) is 12.5 Å². The number of hydrogen-bond acceptors (Lipinski definition) is 3. The average molecular weight is 484 g/mol. The third-order valence-electron chi connectivity index (χ3n) is 6.61. The fourth-order valence-corrected chi connectivity index (χ4v) is 4.52. The van der Waals surface area contributed by atoms with E-state index in [-0.39, 0.29) is 24.1 Å². The summed E-state index contributed by atoms with van der Waals surface area (Å²) in [6.07, 6.45) is 2.40. The standard InChI is InChI=1S/C30H33N3O3/c34-28(18-10-13-24-11-4-1-5-12-24)32-19-21-33(22-20-32)29(35)23-27(25-14-6-2-7-15-25)31-30(36)26-16-8-3-9-17-26/h1-9,11-12,14-17,27H,10,13,18-23H2,(H,31,36). The molecule has 0 spiro atoms. The minimum absolute atomic E-state index is 0.0200. The van der Waals surface area contributed by atoms with Gasteiger partial charge in [-0.2, -0.15) is 0 Å². The SMILES string of the molecule is O=C(NC(CC(=O)N1CCN(C(=O)CCCc2ccccc2)CC1)c1ccccc1)c1ccccc1. The van der Waals surface area contributed by atoms with Crippen LogP contribution in [0, 0.1) is 0 Å². The molecule has 6 nitrogen and oxygen atoms in total. The van der Waals surface area contributed by atoms with Crippen molar-refractivity contribution in [1.82, 2.24) is 15.1 Å². The van der Waals surface area contributed by atoms with Crippen LogP contribution in [0.15, 0.2) is 91.0 Å². The number of nitrogens with one attached hydrogen (secondary N) is 1. The quantitative estimate of drug-likeness (QED) is 0.495. The van der Waals surface area contributed by atoms with E-state index in [4.69, 9.17) is 0 Å². The molecule has 1 atom stereocenters. The maximum atomic E-state index is 13.2. The van der Waals surface area contributed by atoms with Gasteiger partial charge in [-0.15, -0.1) is 0 Å². The normalized spacial score (nSPS) is 14.2. The zero-order valence-corrected chi connectivity index (χ0v) is 20.5. The van der Waals surface area contributed by atoms with Crippen LogP contribution < -0.4 is 5.32 Å². The Labute approximate surface area is 212 Å². The molecule has 1 aliphatic heterocycles. The molecule has 0 bridgehead atoms. The Bertz CT molecular complexity index is 1130. The van der Waals surface area contributed by atoms with E-state index in [2.05, 4.69) is 17.4 Å². The molecule has 3 amide bonds. The summed E-state index contributed by atoms with van der Waals surface area (Å²) >= 11 is 0. The molecule has 1 fully saturated rings. The predicted octanol–water partition coefficient (Wildman–Crippen LogP) is 4.24. The molecular formula is C30H33N3O3. The summed E-state index contributed by atoms with van der Waals surface area (Å²) in [5, 5.41) is 3.03. The number of piperazine rings is 1. The van der Waals surface area contributed by atoms with E-state index in [1.807, 2.05) is 71.6 Å². The van der Waals surface area contributed by atoms with E-state index >= 15 is 0 Å². The number of benzene rings is 3. The third-order valence-corrected chi connectivity index (χ3v) is 6.61. The molecule has 186 valence electrons. The molecule has 1 unspecified atom stereocenters. The van der Waals surface area contributed by atoms with E-state index in [0.29, 0.717) is 38.2 Å². The highest BCUT2D eigenvalue weighted by molar-refractivity contribution is 5.94. The Kier molecular flexibility index (Phi) is 8.87. The zero-order chi connectivity index (χ0) is 25.2. The number of hydrogen-bond donors (Lipinski definition) is 1. The van der Waals surface area contributed by atoms with Gasteiger partial charge in [0.2, 0.25) is 11.8 Å². The highest BCUT2D eigenvalue weighted by Crippen LogP contribution is 2.20. The largest absolute Gasteiger partial charge is 0.345 e. The Hall–Kier alpha value is -3.93. The number of amides is 3. The average Bonchev–Trinajstić information content (AvgIpc) is 2.94. The summed E-state index contributed by atoms with van der Waals surface area (Å²) in [6.45, 7) is 2.11. The first-order valence-corrected chi connectivity index (χ1v) is 12.6. The van der Waals surface area contributed by atoms with Crippen LogP contribution in [-0.2, 0) is 16.0 Å². The Balaban J connectivity index is 1.28. The van der Waals surface area contributed by atoms with Gasteiger partial charge in [0.1, 0.15) is 0 Å². The van der Waals surface area contributed by atoms with Crippen LogP contribution in [0.4, 0.5) is 0 Å². The van der Waals surface area contributed by atoms with Gasteiger partial charge in [0.25, 0.3) is 5.91 Å². The summed E-state index contributed by atoms with van der Waals surface area (Å²) in [4.78, 5) is 42.3. The van der Waals surface area contributed by atoms with Gasteiger partial charge in [0.15, 0.2) is 0 Å². The summed E-state index contributed by atoms with van der Waals surface area (Å²) in [6, 6.07) is 28.4. The lowest BCUT2D eigenvalue weighted by Crippen LogP contribution is -2.51. The predicted molar refractivity (Wildman–Crippen MR) is 140 cm³/mol. The number of carbonyl (C=O) groups is 3. The van der Waals surface area contributed by atoms with Crippen molar-refractivity contribution in [2.24, 2.45) is 0 Å². The molecule has 6 heteroatoms. The molecule has 0 radical (unpaired) electrons. The lowest BCUT2D eigenvalue weighted by Gasteiger charge is -2.35. The topological polar surface area (TPSA) is 69.7 Å². The molecule has 0 aromatic heterocycles. The van der Waals surface area contributed by atoms with Gasteiger partial charge < -0.3 is 15.1 Å². The van der Waals surface area contributed by atoms with Crippen LogP contribution in [0.5, 0.6) is 0 Å². The van der Waals surface area contributed by atoms with Crippen LogP contribution in [-0.4, -0.2) is 53.7 Å². The Morgan fingerprint density at radius 3 is 1.83 bits per heavy atom. The molecule has 36 heavy (non-hydrogen) atoms. The highest BCUT2D eigenvalue weighted by atomic mass is 16.2. The second-order valence-corrected chi connectivity index (χ2v) is 9.11. The smallest absolute Gasteiger partial charge is 0.251 e. The van der Waals surface area contributed by atoms with Gasteiger partial charge in [-0.05, 0) is 36.1 Å². The van der Waals surface area contributed by atoms with Gasteiger partial charge in [-0.3, -0.25) is 14.4 Å². The Morgan fingerprint density at radius 2 is 1.22 bits per heavy atom. The Morgan fingerprint density at radius 1 is 0.694 bits per heavy atom. The van der Waals surface area contributed by atoms with Gasteiger partial charge in [0, 0.05) is 38.2 Å². The summed E-state index contributed by atoms with van der Waals surface area (Å²) < 4.78 is 0. The molecule has 0 aliphatic carbocycles. The second-order valence-electron chi connectivity index (χ2n) is 9.11. The third kappa shape index (κ3) is 7.04. The summed E-state index contributed by atoms with van der Waals surface area (Å²) in [5.41, 5.74) is 2.70. The van der Waals surface area contributed by atoms with Crippen molar-refractivity contribution < 1.29 is 14.4 Å². The van der Waals surface area contributed by atoms with Gasteiger partial charge in [-0.25, -0.2) is 0 Å². The van der Waals surface area contributed by atoms with E-state index < -0.39 is 6.04 Å². The molecule has 3 aromatic rings. The van der Waals surface area contributed by atoms with Crippen molar-refractivity contribution >= 4 is 17.7 Å². The van der Waals surface area contributed by atoms with Crippen LogP contribution in [0.3, 0.4) is 0 Å². The lowest BCUT2D eigenvalue weighted by molar-refractivity contribution is -0.139. The van der Waals surface area contributed by atoms with Crippen LogP contribution >= 0.6 is 0 Å². The number of aryl methyl sites for hydroxylation is 1. The van der Waals surface area contributed by atoms with E-state index in [1.165, 1.54) is 5.56 Å². The lowest BCUT2D eigenvalue weighted by atomic mass is 10.0. The first-order valence-electron chi connectivity index (χ1n) is 12.6. The first-order chi connectivity index (χ1) is 17.6. The van der Waals surface area contributed by atoms with E-state index in [9.17, 15) is 14.4 Å². The molecule has 1 saturated heterocycles. The van der Waals surface area contributed by atoms with Crippen LogP contribution in [0.25, 0.3) is 0 Å². The fraction of sp³-hybridized carbons (Fsp3) is 0.300. The maximum absolute atomic E-state index is 13.2. The summed E-state index contributed by atoms with van der Waals surface area (Å²) in [5.74, 6) is -0.0770. The molecular weight excluding hydrogens is 450 g/mol. The maximum Gasteiger partial charge on any atom is 0.251 e. The zero-order valence-electron chi connectivity index (χ0n) is 20.5. The minimum atomic E-state index is -0.427.